The lowest BCUT2D eigenvalue weighted by molar-refractivity contribution is 0.0964. The minimum atomic E-state index is -0.731. The van der Waals surface area contributed by atoms with Gasteiger partial charge < -0.3 is 10.5 Å². The molecule has 0 aliphatic rings. The molecule has 3 N–H and O–H groups in total. The van der Waals surface area contributed by atoms with Crippen molar-refractivity contribution in [1.82, 2.24) is 5.32 Å². The van der Waals surface area contributed by atoms with E-state index in [1.54, 1.807) is 12.1 Å². The van der Waals surface area contributed by atoms with Crippen LogP contribution >= 0.6 is 25.2 Å². The van der Waals surface area contributed by atoms with Crippen molar-refractivity contribution in [2.24, 2.45) is 5.73 Å². The van der Waals surface area contributed by atoms with Crippen LogP contribution in [0.3, 0.4) is 0 Å². The Hall–Kier alpha value is -2.71. The first-order chi connectivity index (χ1) is 11.4. The zero-order chi connectivity index (χ0) is 17.7. The number of carbonyl (C=O) groups is 3. The van der Waals surface area contributed by atoms with Crippen molar-refractivity contribution in [2.45, 2.75) is 0 Å². The third-order valence-electron chi connectivity index (χ3n) is 3.16. The summed E-state index contributed by atoms with van der Waals surface area (Å²) < 4.78 is 5.95. The predicted molar refractivity (Wildman–Crippen MR) is 99.5 cm³/mol. The molecule has 2 aromatic carbocycles. The van der Waals surface area contributed by atoms with Crippen LogP contribution in [0.1, 0.15) is 20.7 Å². The number of nitrogens with one attached hydrogen (secondary N) is 1. The smallest absolute Gasteiger partial charge is 0.338 e. The molecule has 0 saturated carbocycles. The zero-order valence-electron chi connectivity index (χ0n) is 13.1. The van der Waals surface area contributed by atoms with Gasteiger partial charge in [-0.25, -0.2) is 9.10 Å². The number of ether oxygens (including phenoxy) is 1. The van der Waals surface area contributed by atoms with E-state index in [9.17, 15) is 14.4 Å². The number of carbonyl (C=O) groups excluding carboxylic acids is 3. The van der Waals surface area contributed by atoms with Crippen LogP contribution in [0, 0.1) is 0 Å². The van der Waals surface area contributed by atoms with Gasteiger partial charge >= 0.3 is 6.03 Å². The number of primary amides is 1. The number of methoxy groups -OCH3 is 1. The SMILES string of the molecule is COc1ccc(C(=O)NC(=O)N(S)c2ccc(C(N)=O)cc2)cc1.Cl. The van der Waals surface area contributed by atoms with Gasteiger partial charge in [-0.1, -0.05) is 12.8 Å². The van der Waals surface area contributed by atoms with Crippen LogP contribution in [0.2, 0.25) is 0 Å². The second kappa shape index (κ2) is 8.95. The van der Waals surface area contributed by atoms with E-state index in [2.05, 4.69) is 18.1 Å². The number of halogens is 1. The summed E-state index contributed by atoms with van der Waals surface area (Å²) in [6, 6.07) is 11.5. The zero-order valence-corrected chi connectivity index (χ0v) is 14.8. The number of thiol groups is 1. The first kappa shape index (κ1) is 20.3. The predicted octanol–water partition coefficient (Wildman–Crippen LogP) is 2.42. The molecular formula is C16H16ClN3O4S. The molecule has 132 valence electrons. The van der Waals surface area contributed by atoms with E-state index < -0.39 is 17.8 Å². The average molecular weight is 382 g/mol. The number of anilines is 1. The summed E-state index contributed by atoms with van der Waals surface area (Å²) >= 11 is 4.05. The summed E-state index contributed by atoms with van der Waals surface area (Å²) in [6.45, 7) is 0. The van der Waals surface area contributed by atoms with Crippen LogP contribution in [-0.4, -0.2) is 25.0 Å². The van der Waals surface area contributed by atoms with Crippen LogP contribution in [0.5, 0.6) is 5.75 Å². The second-order valence-electron chi connectivity index (χ2n) is 4.71. The van der Waals surface area contributed by atoms with Gasteiger partial charge in [-0.2, -0.15) is 0 Å². The Morgan fingerprint density at radius 2 is 1.52 bits per heavy atom. The lowest BCUT2D eigenvalue weighted by atomic mass is 10.2. The van der Waals surface area contributed by atoms with E-state index in [0.717, 1.165) is 4.31 Å². The van der Waals surface area contributed by atoms with Crippen LogP contribution in [-0.2, 0) is 0 Å². The number of imide groups is 1. The van der Waals surface area contributed by atoms with Gasteiger partial charge in [0.1, 0.15) is 5.75 Å². The topological polar surface area (TPSA) is 102 Å². The van der Waals surface area contributed by atoms with Gasteiger partial charge in [-0.15, -0.1) is 12.4 Å². The Morgan fingerprint density at radius 1 is 1.00 bits per heavy atom. The summed E-state index contributed by atoms with van der Waals surface area (Å²) in [5.41, 5.74) is 6.13. The molecule has 0 fully saturated rings. The van der Waals surface area contributed by atoms with Gasteiger partial charge in [-0.3, -0.25) is 14.9 Å². The van der Waals surface area contributed by atoms with E-state index >= 15 is 0 Å². The normalized spacial score (nSPS) is 9.52. The standard InChI is InChI=1S/C16H15N3O4S.ClH/c1-23-13-8-4-11(5-9-13)15(21)18-16(22)19(24)12-6-2-10(3-7-12)14(17)20;/h2-9,24H,1H3,(H2,17,20)(H,18,21,22);1H. The Balaban J connectivity index is 0.00000312. The summed E-state index contributed by atoms with van der Waals surface area (Å²) in [5, 5.41) is 2.21. The fourth-order valence-corrected chi connectivity index (χ4v) is 2.03. The van der Waals surface area contributed by atoms with Crippen molar-refractivity contribution in [3.63, 3.8) is 0 Å². The van der Waals surface area contributed by atoms with E-state index in [0.29, 0.717) is 22.6 Å². The quantitative estimate of drug-likeness (QED) is 0.708. The van der Waals surface area contributed by atoms with Gasteiger partial charge in [-0.05, 0) is 48.5 Å². The van der Waals surface area contributed by atoms with Crippen molar-refractivity contribution in [2.75, 3.05) is 11.4 Å². The highest BCUT2D eigenvalue weighted by Crippen LogP contribution is 2.17. The van der Waals surface area contributed by atoms with Crippen molar-refractivity contribution in [3.05, 3.63) is 59.7 Å². The molecule has 0 spiro atoms. The molecule has 0 unspecified atom stereocenters. The maximum absolute atomic E-state index is 12.1. The molecule has 0 radical (unpaired) electrons. The minimum absolute atomic E-state index is 0. The average Bonchev–Trinajstić information content (AvgIpc) is 2.61. The largest absolute Gasteiger partial charge is 0.497 e. The maximum Gasteiger partial charge on any atom is 0.338 e. The Bertz CT molecular complexity index is 766. The minimum Gasteiger partial charge on any atom is -0.497 e. The van der Waals surface area contributed by atoms with Crippen LogP contribution in [0.25, 0.3) is 0 Å². The molecule has 9 heteroatoms. The van der Waals surface area contributed by atoms with Gasteiger partial charge in [0.15, 0.2) is 0 Å². The second-order valence-corrected chi connectivity index (χ2v) is 5.11. The Labute approximate surface area is 156 Å². The van der Waals surface area contributed by atoms with Crippen molar-refractivity contribution >= 4 is 48.8 Å². The van der Waals surface area contributed by atoms with Crippen LogP contribution < -0.4 is 20.1 Å². The van der Waals surface area contributed by atoms with Crippen molar-refractivity contribution in [1.29, 1.82) is 0 Å². The molecule has 7 nitrogen and oxygen atoms in total. The highest BCUT2D eigenvalue weighted by atomic mass is 35.5. The summed E-state index contributed by atoms with van der Waals surface area (Å²) in [6.07, 6.45) is 0. The lowest BCUT2D eigenvalue weighted by Crippen LogP contribution is -2.38. The third-order valence-corrected chi connectivity index (χ3v) is 3.57. The van der Waals surface area contributed by atoms with Crippen molar-refractivity contribution in [3.8, 4) is 5.75 Å². The first-order valence-corrected chi connectivity index (χ1v) is 7.20. The van der Waals surface area contributed by atoms with Gasteiger partial charge in [0.05, 0.1) is 12.8 Å². The maximum atomic E-state index is 12.1. The summed E-state index contributed by atoms with van der Waals surface area (Å²) in [7, 11) is 1.51. The summed E-state index contributed by atoms with van der Waals surface area (Å²) in [4.78, 5) is 35.1. The molecular weight excluding hydrogens is 366 g/mol. The molecule has 0 aromatic heterocycles. The highest BCUT2D eigenvalue weighted by Gasteiger charge is 2.16. The summed E-state index contributed by atoms with van der Waals surface area (Å²) in [5.74, 6) is -0.551. The number of nitrogens with zero attached hydrogens (tertiary/aromatic N) is 1. The third kappa shape index (κ3) is 5.13. The molecule has 0 aliphatic carbocycles. The highest BCUT2D eigenvalue weighted by molar-refractivity contribution is 7.82. The number of hydrogen-bond donors (Lipinski definition) is 3. The van der Waals surface area contributed by atoms with E-state index in [1.807, 2.05) is 0 Å². The van der Waals surface area contributed by atoms with Gasteiger partial charge in [0.25, 0.3) is 5.91 Å². The number of nitrogens with two attached hydrogens (primary N) is 1. The number of amides is 4. The van der Waals surface area contributed by atoms with Crippen LogP contribution in [0.4, 0.5) is 10.5 Å². The van der Waals surface area contributed by atoms with Gasteiger partial charge in [0.2, 0.25) is 5.91 Å². The molecule has 25 heavy (non-hydrogen) atoms. The van der Waals surface area contributed by atoms with E-state index in [-0.39, 0.29) is 12.4 Å². The molecule has 2 aromatic rings. The molecule has 0 aliphatic heterocycles. The molecule has 2 rings (SSSR count). The molecule has 0 bridgehead atoms. The fraction of sp³-hybridized carbons (Fsp3) is 0.0625. The first-order valence-electron chi connectivity index (χ1n) is 6.80. The molecule has 4 amide bonds. The van der Waals surface area contributed by atoms with Crippen molar-refractivity contribution < 1.29 is 19.1 Å². The monoisotopic (exact) mass is 381 g/mol. The molecule has 0 heterocycles. The Kier molecular flexibility index (Phi) is 7.28. The molecule has 0 saturated heterocycles. The fourth-order valence-electron chi connectivity index (χ4n) is 1.85. The van der Waals surface area contributed by atoms with Crippen LogP contribution in [0.15, 0.2) is 48.5 Å². The van der Waals surface area contributed by atoms with E-state index in [1.165, 1.54) is 43.5 Å². The molecule has 0 atom stereocenters. The number of benzene rings is 2. The Morgan fingerprint density at radius 3 is 2.00 bits per heavy atom. The van der Waals surface area contributed by atoms with E-state index in [4.69, 9.17) is 10.5 Å². The number of rotatable bonds is 4. The van der Waals surface area contributed by atoms with Gasteiger partial charge in [0, 0.05) is 11.1 Å². The number of hydrogen-bond acceptors (Lipinski definition) is 5. The number of urea groups is 1. The lowest BCUT2D eigenvalue weighted by Gasteiger charge is -2.16.